The van der Waals surface area contributed by atoms with Crippen LogP contribution in [0.4, 0.5) is 0 Å². The monoisotopic (exact) mass is 509 g/mol. The molecule has 7 nitrogen and oxygen atoms in total. The van der Waals surface area contributed by atoms with Gasteiger partial charge in [-0.25, -0.2) is 9.69 Å². The number of rotatable bonds is 5. The largest absolute Gasteiger partial charge is 0.280 e. The number of hydrogen-bond acceptors (Lipinski definition) is 5. The number of nitrogens with one attached hydrogen (secondary N) is 1. The molecule has 10 heteroatoms. The quantitative estimate of drug-likeness (QED) is 0.379. The van der Waals surface area contributed by atoms with E-state index in [4.69, 9.17) is 23.2 Å². The maximum Gasteiger partial charge on any atom is 0.280 e. The number of benzene rings is 3. The van der Waals surface area contributed by atoms with E-state index < -0.39 is 11.3 Å². The molecular weight excluding hydrogens is 493 g/mol. The van der Waals surface area contributed by atoms with Gasteiger partial charge in [-0.2, -0.15) is 0 Å². The lowest BCUT2D eigenvalue weighted by atomic mass is 10.2. The summed E-state index contributed by atoms with van der Waals surface area (Å²) in [6, 6.07) is 21.8. The van der Waals surface area contributed by atoms with E-state index in [-0.39, 0.29) is 12.5 Å². The summed E-state index contributed by atoms with van der Waals surface area (Å²) in [6.45, 7) is -0.0927. The fraction of sp³-hybridized carbons (Fsp3) is 0.0833. The van der Waals surface area contributed by atoms with Crippen molar-refractivity contribution >= 4 is 63.9 Å². The van der Waals surface area contributed by atoms with Crippen LogP contribution in [0.1, 0.15) is 16.5 Å². The van der Waals surface area contributed by atoms with Crippen LogP contribution >= 0.6 is 35.0 Å². The van der Waals surface area contributed by atoms with Crippen LogP contribution in [-0.2, 0) is 16.1 Å². The third-order valence-corrected chi connectivity index (χ3v) is 6.86. The van der Waals surface area contributed by atoms with Crippen molar-refractivity contribution in [2.45, 2.75) is 11.9 Å². The zero-order valence-corrected chi connectivity index (χ0v) is 19.9. The van der Waals surface area contributed by atoms with E-state index in [1.54, 1.807) is 30.3 Å². The minimum absolute atomic E-state index is 0.0927. The van der Waals surface area contributed by atoms with Gasteiger partial charge in [-0.05, 0) is 53.6 Å². The van der Waals surface area contributed by atoms with Crippen molar-refractivity contribution in [1.82, 2.24) is 25.4 Å². The maximum absolute atomic E-state index is 13.3. The molecule has 0 spiro atoms. The highest BCUT2D eigenvalue weighted by Crippen LogP contribution is 2.45. The molecule has 1 aromatic heterocycles. The van der Waals surface area contributed by atoms with Gasteiger partial charge >= 0.3 is 0 Å². The summed E-state index contributed by atoms with van der Waals surface area (Å²) >= 11 is 13.6. The molecule has 4 aromatic rings. The van der Waals surface area contributed by atoms with Crippen LogP contribution in [0.2, 0.25) is 10.0 Å². The van der Waals surface area contributed by atoms with E-state index in [0.717, 1.165) is 16.6 Å². The Morgan fingerprint density at radius 1 is 1.03 bits per heavy atom. The van der Waals surface area contributed by atoms with E-state index in [9.17, 15) is 9.59 Å². The summed E-state index contributed by atoms with van der Waals surface area (Å²) in [7, 11) is 0. The Kier molecular flexibility index (Phi) is 6.28. The Morgan fingerprint density at radius 2 is 1.79 bits per heavy atom. The van der Waals surface area contributed by atoms with E-state index in [1.165, 1.54) is 21.5 Å². The number of carbonyl (C=O) groups excluding carboxylic acids is 2. The van der Waals surface area contributed by atoms with Crippen LogP contribution in [-0.4, -0.2) is 31.8 Å². The van der Waals surface area contributed by atoms with Crippen molar-refractivity contribution in [2.24, 2.45) is 0 Å². The third-order valence-electron chi connectivity index (χ3n) is 5.14. The first-order valence-electron chi connectivity index (χ1n) is 10.3. The molecular formula is C24H17Cl2N5O2S. The van der Waals surface area contributed by atoms with Gasteiger partial charge in [0.15, 0.2) is 0 Å². The molecule has 0 saturated carbocycles. The lowest BCUT2D eigenvalue weighted by Crippen LogP contribution is -2.45. The van der Waals surface area contributed by atoms with Gasteiger partial charge in [0, 0.05) is 10.0 Å². The Hall–Kier alpha value is -3.33. The molecule has 1 unspecified atom stereocenters. The molecule has 34 heavy (non-hydrogen) atoms. The van der Waals surface area contributed by atoms with Crippen molar-refractivity contribution in [3.63, 3.8) is 0 Å². The highest BCUT2D eigenvalue weighted by atomic mass is 35.5. The van der Waals surface area contributed by atoms with Gasteiger partial charge in [-0.15, -0.1) is 5.10 Å². The fourth-order valence-electron chi connectivity index (χ4n) is 3.62. The van der Waals surface area contributed by atoms with Crippen molar-refractivity contribution in [2.75, 3.05) is 0 Å². The zero-order valence-electron chi connectivity index (χ0n) is 17.6. The molecule has 170 valence electrons. The number of para-hydroxylation sites is 1. The SMILES string of the molecule is O=C(Cn1nnc2ccccc21)NN1C(=O)/C(=C/c2cccc(Cl)c2)SC1c1cccc(Cl)c1. The molecule has 1 aliphatic rings. The van der Waals surface area contributed by atoms with Crippen LogP contribution in [0.3, 0.4) is 0 Å². The second-order valence-electron chi connectivity index (χ2n) is 7.53. The summed E-state index contributed by atoms with van der Waals surface area (Å²) in [5, 5.41) is 10.1. The summed E-state index contributed by atoms with van der Waals surface area (Å²) in [5.41, 5.74) is 5.74. The van der Waals surface area contributed by atoms with Crippen molar-refractivity contribution in [1.29, 1.82) is 0 Å². The Morgan fingerprint density at radius 3 is 2.59 bits per heavy atom. The normalized spacial score (nSPS) is 17.0. The number of carbonyl (C=O) groups is 2. The minimum Gasteiger partial charge on any atom is -0.271 e. The van der Waals surface area contributed by atoms with Crippen molar-refractivity contribution in [3.8, 4) is 0 Å². The van der Waals surface area contributed by atoms with Gasteiger partial charge in [-0.1, -0.05) is 76.6 Å². The Labute approximate surface area is 209 Å². The third kappa shape index (κ3) is 4.65. The van der Waals surface area contributed by atoms with Crippen LogP contribution < -0.4 is 5.43 Å². The Balaban J connectivity index is 1.43. The molecule has 1 aliphatic heterocycles. The first-order chi connectivity index (χ1) is 16.5. The van der Waals surface area contributed by atoms with Gasteiger partial charge in [0.1, 0.15) is 17.4 Å². The number of hydrazine groups is 1. The molecule has 1 N–H and O–H groups in total. The van der Waals surface area contributed by atoms with E-state index in [1.807, 2.05) is 48.5 Å². The number of amides is 2. The maximum atomic E-state index is 13.3. The van der Waals surface area contributed by atoms with Crippen LogP contribution in [0.5, 0.6) is 0 Å². The summed E-state index contributed by atoms with van der Waals surface area (Å²) < 4.78 is 1.50. The molecule has 2 amide bonds. The topological polar surface area (TPSA) is 80.1 Å². The van der Waals surface area contributed by atoms with Gasteiger partial charge in [0.25, 0.3) is 11.8 Å². The highest BCUT2D eigenvalue weighted by Gasteiger charge is 2.38. The number of hydrogen-bond donors (Lipinski definition) is 1. The first kappa shape index (κ1) is 22.5. The molecule has 5 rings (SSSR count). The van der Waals surface area contributed by atoms with Crippen LogP contribution in [0, 0.1) is 0 Å². The van der Waals surface area contributed by atoms with Gasteiger partial charge in [0.2, 0.25) is 0 Å². The molecule has 0 aliphatic carbocycles. The molecule has 1 saturated heterocycles. The number of fused-ring (bicyclic) bond motifs is 1. The molecule has 0 bridgehead atoms. The number of halogens is 2. The number of thioether (sulfide) groups is 1. The van der Waals surface area contributed by atoms with Crippen LogP contribution in [0.15, 0.2) is 77.7 Å². The van der Waals surface area contributed by atoms with Gasteiger partial charge in [-0.3, -0.25) is 15.0 Å². The van der Waals surface area contributed by atoms with Crippen LogP contribution in [0.25, 0.3) is 17.1 Å². The molecule has 0 radical (unpaired) electrons. The molecule has 2 heterocycles. The average Bonchev–Trinajstić information content (AvgIpc) is 3.35. The molecule has 1 fully saturated rings. The predicted octanol–water partition coefficient (Wildman–Crippen LogP) is 5.08. The van der Waals surface area contributed by atoms with Crippen molar-refractivity contribution in [3.05, 3.63) is 98.9 Å². The van der Waals surface area contributed by atoms with Crippen molar-refractivity contribution < 1.29 is 9.59 Å². The average molecular weight is 510 g/mol. The zero-order chi connectivity index (χ0) is 23.7. The molecule has 3 aromatic carbocycles. The summed E-state index contributed by atoms with van der Waals surface area (Å²) in [4.78, 5) is 26.7. The smallest absolute Gasteiger partial charge is 0.271 e. The number of aromatic nitrogens is 3. The Bertz CT molecular complexity index is 1440. The lowest BCUT2D eigenvalue weighted by Gasteiger charge is -2.24. The van der Waals surface area contributed by atoms with Gasteiger partial charge < -0.3 is 0 Å². The lowest BCUT2D eigenvalue weighted by molar-refractivity contribution is -0.138. The number of nitrogens with zero attached hydrogens (tertiary/aromatic N) is 4. The molecule has 1 atom stereocenters. The first-order valence-corrected chi connectivity index (χ1v) is 11.9. The van der Waals surface area contributed by atoms with Gasteiger partial charge in [0.05, 0.1) is 10.4 Å². The summed E-state index contributed by atoms with van der Waals surface area (Å²) in [6.07, 6.45) is 1.76. The summed E-state index contributed by atoms with van der Waals surface area (Å²) in [5.74, 6) is -0.729. The van der Waals surface area contributed by atoms with E-state index in [0.29, 0.717) is 20.5 Å². The minimum atomic E-state index is -0.493. The highest BCUT2D eigenvalue weighted by molar-refractivity contribution is 8.04. The second-order valence-corrected chi connectivity index (χ2v) is 9.53. The van der Waals surface area contributed by atoms with E-state index >= 15 is 0 Å². The fourth-order valence-corrected chi connectivity index (χ4v) is 5.20. The predicted molar refractivity (Wildman–Crippen MR) is 134 cm³/mol. The van der Waals surface area contributed by atoms with E-state index in [2.05, 4.69) is 15.7 Å². The standard InChI is InChI=1S/C24H17Cl2N5O2S/c25-17-7-3-5-15(11-17)12-21-23(33)31(24(34-21)16-6-4-8-18(26)13-16)28-22(32)14-30-20-10-2-1-9-19(20)27-29-30/h1-13,24H,14H2,(H,28,32)/b21-12-. The second kappa shape index (κ2) is 9.50.